The Morgan fingerprint density at radius 1 is 1.00 bits per heavy atom. The number of rotatable bonds is 9. The van der Waals surface area contributed by atoms with Crippen LogP contribution in [-0.2, 0) is 27.9 Å². The minimum atomic E-state index is -5.47. The van der Waals surface area contributed by atoms with Gasteiger partial charge in [-0.3, -0.25) is 9.36 Å². The van der Waals surface area contributed by atoms with Crippen molar-refractivity contribution in [3.05, 3.63) is 0 Å². The first-order valence-electron chi connectivity index (χ1n) is 7.00. The first-order chi connectivity index (χ1) is 10.6. The number of amides is 1. The van der Waals surface area contributed by atoms with E-state index >= 15 is 0 Å². The van der Waals surface area contributed by atoms with Gasteiger partial charge < -0.3 is 19.1 Å². The predicted octanol–water partition coefficient (Wildman–Crippen LogP) is 2.60. The molecule has 11 heteroatoms. The van der Waals surface area contributed by atoms with Gasteiger partial charge in [0.2, 0.25) is 5.91 Å². The third kappa shape index (κ3) is 4.45. The molecule has 0 aromatic heterocycles. The fourth-order valence-corrected chi connectivity index (χ4v) is 3.67. The lowest BCUT2D eigenvalue weighted by Crippen LogP contribution is -2.64. The molecule has 0 saturated carbocycles. The van der Waals surface area contributed by atoms with E-state index in [9.17, 15) is 27.3 Å². The Morgan fingerprint density at radius 2 is 1.48 bits per heavy atom. The van der Waals surface area contributed by atoms with Crippen molar-refractivity contribution in [2.24, 2.45) is 0 Å². The molecule has 136 valence electrons. The second-order valence-electron chi connectivity index (χ2n) is 4.16. The van der Waals surface area contributed by atoms with Crippen LogP contribution in [0.15, 0.2) is 0 Å². The lowest BCUT2D eigenvalue weighted by atomic mass is 10.2. The highest BCUT2D eigenvalue weighted by Gasteiger charge is 2.75. The topological polar surface area (TPSA) is 90.9 Å². The molecule has 0 fully saturated rings. The molecule has 1 N–H and O–H groups in total. The summed E-state index contributed by atoms with van der Waals surface area (Å²) in [5.41, 5.74) is 0. The van der Waals surface area contributed by atoms with Crippen LogP contribution in [-0.4, -0.2) is 43.2 Å². The van der Waals surface area contributed by atoms with E-state index in [1.165, 1.54) is 33.0 Å². The lowest BCUT2D eigenvalue weighted by molar-refractivity contribution is -0.199. The molecule has 1 unspecified atom stereocenters. The zero-order valence-electron chi connectivity index (χ0n) is 13.4. The van der Waals surface area contributed by atoms with Crippen LogP contribution in [0.2, 0.25) is 0 Å². The van der Waals surface area contributed by atoms with Gasteiger partial charge in [-0.1, -0.05) is 6.92 Å². The monoisotopic (exact) mass is 363 g/mol. The molecule has 1 atom stereocenters. The summed E-state index contributed by atoms with van der Waals surface area (Å²) in [6.07, 6.45) is -5.85. The molecule has 0 rings (SSSR count). The normalized spacial score (nSPS) is 14.9. The van der Waals surface area contributed by atoms with Crippen molar-refractivity contribution in [2.75, 3.05) is 19.8 Å². The van der Waals surface area contributed by atoms with Crippen LogP contribution in [0.3, 0.4) is 0 Å². The van der Waals surface area contributed by atoms with Gasteiger partial charge in [-0.15, -0.1) is 0 Å². The smallest absolute Gasteiger partial charge is 0.434 e. The summed E-state index contributed by atoms with van der Waals surface area (Å²) < 4.78 is 67.7. The number of alkyl halides is 3. The molecule has 7 nitrogen and oxygen atoms in total. The van der Waals surface area contributed by atoms with Crippen molar-refractivity contribution in [1.29, 1.82) is 0 Å². The molecule has 0 aromatic carbocycles. The number of carbonyl (C=O) groups is 2. The van der Waals surface area contributed by atoms with Gasteiger partial charge in [0.25, 0.3) is 0 Å². The number of carbonyl (C=O) groups excluding carboxylic acids is 2. The summed E-state index contributed by atoms with van der Waals surface area (Å²) >= 11 is 0. The largest absolute Gasteiger partial charge is 0.463 e. The number of esters is 1. The number of nitrogens with one attached hydrogen (secondary N) is 1. The standard InChI is InChI=1S/C12H21F3NO6P/c1-5-9(17)16-11(12(13,14)15,10(18)20-6-2)23(19,21-7-3)22-8-4/h5-8H2,1-4H3,(H,16,17). The van der Waals surface area contributed by atoms with E-state index in [4.69, 9.17) is 0 Å². The minimum absolute atomic E-state index is 0.379. The molecule has 0 spiro atoms. The Bertz CT molecular complexity index is 460. The van der Waals surface area contributed by atoms with Crippen LogP contribution in [0.25, 0.3) is 0 Å². The van der Waals surface area contributed by atoms with Crippen molar-refractivity contribution >= 4 is 19.5 Å². The quantitative estimate of drug-likeness (QED) is 0.500. The number of ether oxygens (including phenoxy) is 1. The van der Waals surface area contributed by atoms with Crippen molar-refractivity contribution in [3.8, 4) is 0 Å². The molecule has 0 aliphatic rings. The summed E-state index contributed by atoms with van der Waals surface area (Å²) in [5, 5.41) is -2.46. The van der Waals surface area contributed by atoms with E-state index in [-0.39, 0.29) is 6.42 Å². The molecule has 0 radical (unpaired) electrons. The van der Waals surface area contributed by atoms with E-state index in [1.807, 2.05) is 0 Å². The minimum Gasteiger partial charge on any atom is -0.463 e. The molecule has 0 aliphatic carbocycles. The second kappa shape index (κ2) is 8.65. The molecule has 0 aliphatic heterocycles. The van der Waals surface area contributed by atoms with Gasteiger partial charge >= 0.3 is 25.0 Å². The predicted molar refractivity (Wildman–Crippen MR) is 74.7 cm³/mol. The zero-order chi connectivity index (χ0) is 18.3. The van der Waals surface area contributed by atoms with E-state index in [2.05, 4.69) is 13.8 Å². The van der Waals surface area contributed by atoms with Crippen LogP contribution in [0.4, 0.5) is 13.2 Å². The third-order valence-electron chi connectivity index (χ3n) is 2.63. The Labute approximate surface area is 132 Å². The van der Waals surface area contributed by atoms with Crippen molar-refractivity contribution in [3.63, 3.8) is 0 Å². The molecule has 0 heterocycles. The summed E-state index contributed by atoms with van der Waals surface area (Å²) in [4.78, 5) is 23.7. The SMILES string of the molecule is CCOC(=O)C(NC(=O)CC)(C(F)(F)F)P(=O)(OCC)OCC. The molecule has 0 bridgehead atoms. The summed E-state index contributed by atoms with van der Waals surface area (Å²) in [5.74, 6) is -3.10. The van der Waals surface area contributed by atoms with Crippen molar-refractivity contribution in [1.82, 2.24) is 5.32 Å². The maximum Gasteiger partial charge on any atom is 0.434 e. The molecule has 0 saturated heterocycles. The Hall–Kier alpha value is -1.12. The van der Waals surface area contributed by atoms with Crippen molar-refractivity contribution < 1.29 is 41.1 Å². The summed E-state index contributed by atoms with van der Waals surface area (Å²) in [6, 6.07) is 0. The van der Waals surface area contributed by atoms with E-state index < -0.39 is 50.7 Å². The van der Waals surface area contributed by atoms with Gasteiger partial charge in [0.1, 0.15) is 0 Å². The van der Waals surface area contributed by atoms with E-state index in [0.717, 1.165) is 0 Å². The van der Waals surface area contributed by atoms with Gasteiger partial charge in [-0.05, 0) is 20.8 Å². The van der Waals surface area contributed by atoms with Gasteiger partial charge in [0.15, 0.2) is 0 Å². The maximum atomic E-state index is 13.7. The van der Waals surface area contributed by atoms with E-state index in [0.29, 0.717) is 0 Å². The average molecular weight is 363 g/mol. The van der Waals surface area contributed by atoms with Crippen LogP contribution in [0.5, 0.6) is 0 Å². The van der Waals surface area contributed by atoms with E-state index in [1.54, 1.807) is 0 Å². The number of hydrogen-bond acceptors (Lipinski definition) is 6. The second-order valence-corrected chi connectivity index (χ2v) is 6.35. The highest BCUT2D eigenvalue weighted by atomic mass is 31.2. The summed E-state index contributed by atoms with van der Waals surface area (Å²) in [6.45, 7) is 3.81. The van der Waals surface area contributed by atoms with Crippen molar-refractivity contribution in [2.45, 2.75) is 45.6 Å². The lowest BCUT2D eigenvalue weighted by Gasteiger charge is -2.37. The van der Waals surface area contributed by atoms with Crippen LogP contribution < -0.4 is 5.32 Å². The Kier molecular flexibility index (Phi) is 8.23. The third-order valence-corrected chi connectivity index (χ3v) is 5.20. The fourth-order valence-electron chi connectivity index (χ4n) is 1.67. The van der Waals surface area contributed by atoms with Crippen LogP contribution in [0.1, 0.15) is 34.1 Å². The van der Waals surface area contributed by atoms with Gasteiger partial charge in [0, 0.05) is 6.42 Å². The number of halogens is 3. The van der Waals surface area contributed by atoms with Gasteiger partial charge in [0.05, 0.1) is 19.8 Å². The molecular weight excluding hydrogens is 342 g/mol. The Balaban J connectivity index is 6.44. The van der Waals surface area contributed by atoms with Gasteiger partial charge in [-0.25, -0.2) is 4.79 Å². The average Bonchev–Trinajstić information content (AvgIpc) is 2.43. The molecular formula is C12H21F3NO6P. The van der Waals surface area contributed by atoms with Crippen LogP contribution >= 0.6 is 7.60 Å². The summed E-state index contributed by atoms with van der Waals surface area (Å²) in [7, 11) is -5.17. The molecule has 23 heavy (non-hydrogen) atoms. The highest BCUT2D eigenvalue weighted by molar-refractivity contribution is 7.57. The number of hydrogen-bond donors (Lipinski definition) is 1. The zero-order valence-corrected chi connectivity index (χ0v) is 14.3. The molecule has 1 amide bonds. The van der Waals surface area contributed by atoms with Gasteiger partial charge in [-0.2, -0.15) is 13.2 Å². The van der Waals surface area contributed by atoms with Crippen LogP contribution in [0, 0.1) is 0 Å². The first-order valence-corrected chi connectivity index (χ1v) is 8.54. The Morgan fingerprint density at radius 3 is 1.78 bits per heavy atom. The highest BCUT2D eigenvalue weighted by Crippen LogP contribution is 2.64. The fraction of sp³-hybridized carbons (Fsp3) is 0.833. The first kappa shape index (κ1) is 21.9. The maximum absolute atomic E-state index is 13.7. The molecule has 0 aromatic rings.